The van der Waals surface area contributed by atoms with Crippen LogP contribution in [0, 0.1) is 23.5 Å². The van der Waals surface area contributed by atoms with Crippen molar-refractivity contribution in [2.24, 2.45) is 11.8 Å². The summed E-state index contributed by atoms with van der Waals surface area (Å²) in [6, 6.07) is 10.5. The molecule has 0 aliphatic heterocycles. The van der Waals surface area contributed by atoms with Gasteiger partial charge in [0, 0.05) is 30.3 Å². The summed E-state index contributed by atoms with van der Waals surface area (Å²) in [5, 5.41) is 6.65. The average molecular weight is 421 g/mol. The van der Waals surface area contributed by atoms with E-state index in [1.54, 1.807) is 18.2 Å². The van der Waals surface area contributed by atoms with Crippen molar-refractivity contribution in [3.63, 3.8) is 0 Å². The lowest BCUT2D eigenvalue weighted by Crippen LogP contribution is -2.59. The maximum absolute atomic E-state index is 13.4. The van der Waals surface area contributed by atoms with Gasteiger partial charge in [0.25, 0.3) is 5.91 Å². The van der Waals surface area contributed by atoms with Crippen LogP contribution in [-0.4, -0.2) is 31.1 Å². The molecule has 4 nitrogen and oxygen atoms in total. The first-order chi connectivity index (χ1) is 14.0. The van der Waals surface area contributed by atoms with Crippen molar-refractivity contribution >= 4 is 17.5 Å². The second-order valence-corrected chi connectivity index (χ2v) is 8.21. The topological polar surface area (TPSA) is 50.4 Å². The molecule has 3 saturated carbocycles. The number of benzene rings is 2. The van der Waals surface area contributed by atoms with Gasteiger partial charge < -0.3 is 15.4 Å². The second kappa shape index (κ2) is 8.67. The van der Waals surface area contributed by atoms with E-state index in [1.807, 2.05) is 0 Å². The van der Waals surface area contributed by atoms with E-state index in [1.165, 1.54) is 24.3 Å². The van der Waals surface area contributed by atoms with Crippen LogP contribution in [-0.2, 0) is 0 Å². The van der Waals surface area contributed by atoms with Crippen molar-refractivity contribution < 1.29 is 18.3 Å². The monoisotopic (exact) mass is 420 g/mol. The summed E-state index contributed by atoms with van der Waals surface area (Å²) in [6.45, 7) is 1.04. The van der Waals surface area contributed by atoms with Crippen LogP contribution in [0.2, 0.25) is 5.02 Å². The number of carbonyl (C=O) groups excluding carboxylic acids is 1. The molecule has 5 rings (SSSR count). The van der Waals surface area contributed by atoms with Gasteiger partial charge in [-0.05, 0) is 61.4 Å². The summed E-state index contributed by atoms with van der Waals surface area (Å²) in [5.74, 6) is 0.402. The van der Waals surface area contributed by atoms with E-state index >= 15 is 0 Å². The molecule has 2 N–H and O–H groups in total. The van der Waals surface area contributed by atoms with E-state index in [2.05, 4.69) is 10.6 Å². The number of fused-ring (bicyclic) bond motifs is 2. The quantitative estimate of drug-likeness (QED) is 0.660. The van der Waals surface area contributed by atoms with Gasteiger partial charge in [0.1, 0.15) is 24.0 Å². The van der Waals surface area contributed by atoms with Crippen molar-refractivity contribution in [3.8, 4) is 5.75 Å². The highest BCUT2D eigenvalue weighted by atomic mass is 35.5. The number of amides is 1. The van der Waals surface area contributed by atoms with Gasteiger partial charge in [-0.25, -0.2) is 8.78 Å². The Bertz CT molecular complexity index is 889. The third-order valence-corrected chi connectivity index (χ3v) is 6.24. The SMILES string of the molecule is O=C(NC1CC(NCCOc2ccc(Cl)c(F)c2)C2CC1C2)c1cccc(F)c1. The molecule has 2 unspecified atom stereocenters. The molecule has 0 aromatic heterocycles. The number of halogens is 3. The minimum atomic E-state index is -0.498. The number of carbonyl (C=O) groups is 1. The van der Waals surface area contributed by atoms with Gasteiger partial charge >= 0.3 is 0 Å². The number of ether oxygens (including phenoxy) is 1. The Morgan fingerprint density at radius 3 is 2.62 bits per heavy atom. The molecule has 2 bridgehead atoms. The van der Waals surface area contributed by atoms with Gasteiger partial charge in [-0.1, -0.05) is 17.7 Å². The maximum Gasteiger partial charge on any atom is 0.251 e. The lowest BCUT2D eigenvalue weighted by Gasteiger charge is -2.51. The van der Waals surface area contributed by atoms with Crippen LogP contribution in [0.25, 0.3) is 0 Å². The fourth-order valence-electron chi connectivity index (χ4n) is 4.31. The van der Waals surface area contributed by atoms with Gasteiger partial charge in [0.15, 0.2) is 0 Å². The Morgan fingerprint density at radius 1 is 1.07 bits per heavy atom. The van der Waals surface area contributed by atoms with Crippen LogP contribution in [0.5, 0.6) is 5.75 Å². The number of hydrogen-bond acceptors (Lipinski definition) is 3. The lowest BCUT2D eigenvalue weighted by molar-refractivity contribution is 0.0344. The van der Waals surface area contributed by atoms with E-state index in [4.69, 9.17) is 16.3 Å². The molecule has 1 amide bonds. The molecule has 0 spiro atoms. The van der Waals surface area contributed by atoms with Gasteiger partial charge in [0.05, 0.1) is 5.02 Å². The van der Waals surface area contributed by atoms with E-state index in [0.29, 0.717) is 42.3 Å². The largest absolute Gasteiger partial charge is 0.492 e. The third kappa shape index (κ3) is 4.70. The summed E-state index contributed by atoms with van der Waals surface area (Å²) in [4.78, 5) is 12.4. The Balaban J connectivity index is 1.25. The first kappa shape index (κ1) is 20.1. The van der Waals surface area contributed by atoms with E-state index in [0.717, 1.165) is 19.3 Å². The van der Waals surface area contributed by atoms with Gasteiger partial charge in [-0.2, -0.15) is 0 Å². The molecule has 0 radical (unpaired) electrons. The van der Waals surface area contributed by atoms with Crippen molar-refractivity contribution in [2.75, 3.05) is 13.2 Å². The predicted octanol–water partition coefficient (Wildman–Crippen LogP) is 4.18. The van der Waals surface area contributed by atoms with Crippen molar-refractivity contribution in [3.05, 3.63) is 64.7 Å². The molecular formula is C22H23ClF2N2O2. The number of rotatable bonds is 7. The highest BCUT2D eigenvalue weighted by Gasteiger charge is 2.46. The van der Waals surface area contributed by atoms with Crippen molar-refractivity contribution in [1.82, 2.24) is 10.6 Å². The zero-order valence-corrected chi connectivity index (χ0v) is 16.6. The molecule has 3 aliphatic rings. The molecule has 3 fully saturated rings. The first-order valence-electron chi connectivity index (χ1n) is 9.87. The van der Waals surface area contributed by atoms with E-state index in [9.17, 15) is 13.6 Å². The summed E-state index contributed by atoms with van der Waals surface area (Å²) in [5.41, 5.74) is 0.347. The number of hydrogen-bond donors (Lipinski definition) is 2. The zero-order valence-electron chi connectivity index (χ0n) is 15.8. The summed E-state index contributed by atoms with van der Waals surface area (Å²) in [7, 11) is 0. The smallest absolute Gasteiger partial charge is 0.251 e. The van der Waals surface area contributed by atoms with Crippen LogP contribution < -0.4 is 15.4 Å². The Hall–Kier alpha value is -2.18. The minimum absolute atomic E-state index is 0.0727. The molecule has 29 heavy (non-hydrogen) atoms. The lowest BCUT2D eigenvalue weighted by atomic mass is 9.60. The molecule has 3 aliphatic carbocycles. The average Bonchev–Trinajstić information content (AvgIpc) is 2.67. The summed E-state index contributed by atoms with van der Waals surface area (Å²) >= 11 is 5.67. The molecule has 2 atom stereocenters. The van der Waals surface area contributed by atoms with Gasteiger partial charge in [0.2, 0.25) is 0 Å². The normalized spacial score (nSPS) is 25.2. The summed E-state index contributed by atoms with van der Waals surface area (Å²) in [6.07, 6.45) is 3.00. The molecule has 0 heterocycles. The van der Waals surface area contributed by atoms with Crippen LogP contribution in [0.3, 0.4) is 0 Å². The molecule has 2 aromatic rings. The van der Waals surface area contributed by atoms with Crippen LogP contribution in [0.15, 0.2) is 42.5 Å². The maximum atomic E-state index is 13.4. The van der Waals surface area contributed by atoms with Crippen LogP contribution in [0.4, 0.5) is 8.78 Å². The van der Waals surface area contributed by atoms with Crippen LogP contribution >= 0.6 is 11.6 Å². The molecular weight excluding hydrogens is 398 g/mol. The van der Waals surface area contributed by atoms with Gasteiger partial charge in [-0.15, -0.1) is 0 Å². The van der Waals surface area contributed by atoms with Crippen LogP contribution in [0.1, 0.15) is 29.6 Å². The van der Waals surface area contributed by atoms with Crippen molar-refractivity contribution in [1.29, 1.82) is 0 Å². The zero-order chi connectivity index (χ0) is 20.4. The van der Waals surface area contributed by atoms with E-state index < -0.39 is 11.6 Å². The fraction of sp³-hybridized carbons (Fsp3) is 0.409. The van der Waals surface area contributed by atoms with E-state index in [-0.39, 0.29) is 17.0 Å². The minimum Gasteiger partial charge on any atom is -0.492 e. The fourth-order valence-corrected chi connectivity index (χ4v) is 4.43. The molecule has 2 aromatic carbocycles. The highest BCUT2D eigenvalue weighted by molar-refractivity contribution is 6.30. The third-order valence-electron chi connectivity index (χ3n) is 5.93. The van der Waals surface area contributed by atoms with Crippen molar-refractivity contribution in [2.45, 2.75) is 31.3 Å². The first-order valence-corrected chi connectivity index (χ1v) is 10.2. The predicted molar refractivity (Wildman–Crippen MR) is 107 cm³/mol. The highest BCUT2D eigenvalue weighted by Crippen LogP contribution is 2.45. The molecule has 7 heteroatoms. The second-order valence-electron chi connectivity index (χ2n) is 7.80. The summed E-state index contributed by atoms with van der Waals surface area (Å²) < 4.78 is 32.4. The Kier molecular flexibility index (Phi) is 6.01. The molecule has 154 valence electrons. The number of nitrogens with one attached hydrogen (secondary N) is 2. The van der Waals surface area contributed by atoms with Gasteiger partial charge in [-0.3, -0.25) is 4.79 Å². The molecule has 0 saturated heterocycles. The standard InChI is InChI=1S/C22H23ClF2N2O2/c23-18-5-4-17(11-19(18)25)29-7-6-26-20-12-21(15-8-14(20)9-15)27-22(28)13-2-1-3-16(24)10-13/h1-5,10-11,14-15,20-21,26H,6-9,12H2,(H,27,28). The Labute approximate surface area is 173 Å². The Morgan fingerprint density at radius 2 is 1.86 bits per heavy atom.